The van der Waals surface area contributed by atoms with Gasteiger partial charge < -0.3 is 11.3 Å². The van der Waals surface area contributed by atoms with E-state index in [1.54, 1.807) is 0 Å². The van der Waals surface area contributed by atoms with Crippen molar-refractivity contribution in [3.05, 3.63) is 31.2 Å². The molecule has 0 aliphatic heterocycles. The first-order valence-electron chi connectivity index (χ1n) is 3.19. The molecule has 0 aromatic heterocycles. The van der Waals surface area contributed by atoms with Gasteiger partial charge in [0.05, 0.1) is 0 Å². The Morgan fingerprint density at radius 2 is 1.92 bits per heavy atom. The molecule has 1 nitrogen and oxygen atoms in total. The fraction of sp³-hybridized carbons (Fsp3) is 0.444. The largest absolute Gasteiger partial charge is 0.513 e. The van der Waals surface area contributed by atoms with Gasteiger partial charge in [-0.3, -0.25) is 0 Å². The van der Waals surface area contributed by atoms with E-state index in [-0.39, 0.29) is 32.7 Å². The molecule has 0 atom stereocenters. The molecular formula is C9H15BrOY-2. The van der Waals surface area contributed by atoms with Crippen molar-refractivity contribution in [1.82, 2.24) is 0 Å². The normalized spacial score (nSPS) is 7.25. The van der Waals surface area contributed by atoms with Gasteiger partial charge in [-0.2, -0.15) is 0 Å². The molecule has 0 rings (SSSR count). The van der Waals surface area contributed by atoms with Gasteiger partial charge in [-0.15, -0.1) is 0 Å². The number of hydrogen-bond acceptors (Lipinski definition) is 1. The maximum absolute atomic E-state index is 5.25. The van der Waals surface area contributed by atoms with Crippen molar-refractivity contribution >= 4 is 15.9 Å². The van der Waals surface area contributed by atoms with Gasteiger partial charge in [0.1, 0.15) is 5.52 Å². The van der Waals surface area contributed by atoms with Crippen molar-refractivity contribution in [2.75, 3.05) is 12.1 Å². The molecule has 0 N–H and O–H groups in total. The zero-order valence-corrected chi connectivity index (χ0v) is 12.2. The first-order valence-corrected chi connectivity index (χ1v) is 4.32. The molecule has 0 saturated heterocycles. The Balaban J connectivity index is -0.000000142. The second-order valence-electron chi connectivity index (χ2n) is 2.26. The minimum absolute atomic E-state index is 0. The number of ether oxygens (including phenoxy) is 1. The summed E-state index contributed by atoms with van der Waals surface area (Å²) in [4.78, 5) is 0. The SMILES string of the molecule is C=C([CH2-])C.[CH-]=C(C)COCBr.[Y]. The quantitative estimate of drug-likeness (QED) is 0.575. The molecule has 0 aliphatic carbocycles. The third kappa shape index (κ3) is 44.5. The van der Waals surface area contributed by atoms with Gasteiger partial charge in [0.25, 0.3) is 0 Å². The average molecular weight is 308 g/mol. The van der Waals surface area contributed by atoms with Gasteiger partial charge in [0, 0.05) is 39.3 Å². The zero-order chi connectivity index (χ0) is 9.28. The third-order valence-electron chi connectivity index (χ3n) is 0.407. The van der Waals surface area contributed by atoms with Crippen molar-refractivity contribution in [3.63, 3.8) is 0 Å². The van der Waals surface area contributed by atoms with E-state index in [1.807, 2.05) is 13.8 Å². The second kappa shape index (κ2) is 14.4. The smallest absolute Gasteiger partial charge is 0.102 e. The number of halogens is 1. The first-order chi connectivity index (χ1) is 5.00. The second-order valence-corrected chi connectivity index (χ2v) is 2.72. The van der Waals surface area contributed by atoms with Crippen molar-refractivity contribution in [3.8, 4) is 0 Å². The molecule has 0 aliphatic rings. The Labute approximate surface area is 110 Å². The molecule has 0 amide bonds. The Kier molecular flexibility index (Phi) is 22.4. The standard InChI is InChI=1S/C5H8BrO.C4H7.Y/c1-5(2)3-7-4-6;1-4(2)3;/h1H,3-4H2,2H3;1-2H2,3H3;/q2*-1;. The van der Waals surface area contributed by atoms with Gasteiger partial charge >= 0.3 is 0 Å². The van der Waals surface area contributed by atoms with E-state index in [1.165, 1.54) is 0 Å². The van der Waals surface area contributed by atoms with Gasteiger partial charge in [-0.1, -0.05) is 29.8 Å². The van der Waals surface area contributed by atoms with E-state index in [0.717, 1.165) is 11.1 Å². The van der Waals surface area contributed by atoms with Crippen LogP contribution in [-0.2, 0) is 37.4 Å². The van der Waals surface area contributed by atoms with Crippen LogP contribution in [0.15, 0.2) is 17.7 Å². The minimum atomic E-state index is 0. The summed E-state index contributed by atoms with van der Waals surface area (Å²) in [5, 5.41) is 0. The van der Waals surface area contributed by atoms with E-state index >= 15 is 0 Å². The summed E-state index contributed by atoms with van der Waals surface area (Å²) in [5.74, 6) is 0. The topological polar surface area (TPSA) is 9.23 Å². The summed E-state index contributed by atoms with van der Waals surface area (Å²) in [5.41, 5.74) is 2.28. The van der Waals surface area contributed by atoms with Crippen molar-refractivity contribution < 1.29 is 37.4 Å². The summed E-state index contributed by atoms with van der Waals surface area (Å²) in [6, 6.07) is 0. The fourth-order valence-corrected chi connectivity index (χ4v) is 0.361. The molecule has 0 bridgehead atoms. The Morgan fingerprint density at radius 1 is 1.58 bits per heavy atom. The molecule has 0 saturated carbocycles. The van der Waals surface area contributed by atoms with E-state index in [2.05, 4.69) is 29.4 Å². The van der Waals surface area contributed by atoms with Crippen LogP contribution >= 0.6 is 15.9 Å². The molecule has 0 aromatic carbocycles. The Morgan fingerprint density at radius 3 is 2.00 bits per heavy atom. The average Bonchev–Trinajstić information content (AvgIpc) is 1.82. The molecule has 0 spiro atoms. The summed E-state index contributed by atoms with van der Waals surface area (Å²) in [7, 11) is 0. The number of allylic oxidation sites excluding steroid dienone is 1. The van der Waals surface area contributed by atoms with Crippen molar-refractivity contribution in [1.29, 1.82) is 0 Å². The zero-order valence-electron chi connectivity index (χ0n) is 7.77. The van der Waals surface area contributed by atoms with Crippen LogP contribution in [0.4, 0.5) is 0 Å². The van der Waals surface area contributed by atoms with Gasteiger partial charge in [-0.25, -0.2) is 24.6 Å². The first kappa shape index (κ1) is 18.6. The fourth-order valence-electron chi connectivity index (χ4n) is 0.200. The predicted octanol–water partition coefficient (Wildman–Crippen LogP) is 3.13. The van der Waals surface area contributed by atoms with Crippen LogP contribution in [-0.4, -0.2) is 12.1 Å². The van der Waals surface area contributed by atoms with Crippen LogP contribution in [0.1, 0.15) is 13.8 Å². The summed E-state index contributed by atoms with van der Waals surface area (Å²) < 4.78 is 4.85. The molecule has 3 heteroatoms. The van der Waals surface area contributed by atoms with Crippen LogP contribution in [0, 0.1) is 13.5 Å². The molecule has 0 heterocycles. The maximum atomic E-state index is 5.25. The van der Waals surface area contributed by atoms with E-state index in [0.29, 0.717) is 12.1 Å². The summed E-state index contributed by atoms with van der Waals surface area (Å²) in [6.07, 6.45) is 0. The van der Waals surface area contributed by atoms with Crippen molar-refractivity contribution in [2.24, 2.45) is 0 Å². The van der Waals surface area contributed by atoms with Gasteiger partial charge in [0.2, 0.25) is 0 Å². The van der Waals surface area contributed by atoms with Gasteiger partial charge in [-0.05, 0) is 0 Å². The Hall–Kier alpha value is 0.894. The number of rotatable bonds is 3. The Bertz CT molecular complexity index is 120. The van der Waals surface area contributed by atoms with Crippen LogP contribution in [0.3, 0.4) is 0 Å². The number of alkyl halides is 1. The molecule has 12 heavy (non-hydrogen) atoms. The van der Waals surface area contributed by atoms with Crippen LogP contribution in [0.2, 0.25) is 0 Å². The molecule has 69 valence electrons. The number of hydrogen-bond donors (Lipinski definition) is 0. The van der Waals surface area contributed by atoms with Crippen LogP contribution in [0.5, 0.6) is 0 Å². The molecule has 0 aromatic rings. The molecule has 1 radical (unpaired) electrons. The van der Waals surface area contributed by atoms with Crippen molar-refractivity contribution in [2.45, 2.75) is 13.8 Å². The molecule has 0 fully saturated rings. The van der Waals surface area contributed by atoms with E-state index in [9.17, 15) is 0 Å². The molecular weight excluding hydrogens is 293 g/mol. The van der Waals surface area contributed by atoms with E-state index in [4.69, 9.17) is 11.3 Å². The predicted molar refractivity (Wildman–Crippen MR) is 53.4 cm³/mol. The molecule has 0 unspecified atom stereocenters. The van der Waals surface area contributed by atoms with Crippen LogP contribution < -0.4 is 0 Å². The third-order valence-corrected chi connectivity index (χ3v) is 0.731. The van der Waals surface area contributed by atoms with E-state index < -0.39 is 0 Å². The minimum Gasteiger partial charge on any atom is -0.513 e. The van der Waals surface area contributed by atoms with Gasteiger partial charge in [0.15, 0.2) is 0 Å². The summed E-state index contributed by atoms with van der Waals surface area (Å²) in [6.45, 7) is 16.4. The monoisotopic (exact) mass is 307 g/mol. The summed E-state index contributed by atoms with van der Waals surface area (Å²) >= 11 is 3.09. The maximum Gasteiger partial charge on any atom is 0.102 e. The van der Waals surface area contributed by atoms with Crippen LogP contribution in [0.25, 0.3) is 0 Å².